The highest BCUT2D eigenvalue weighted by atomic mass is 16.5. The van der Waals surface area contributed by atoms with Crippen LogP contribution in [0.2, 0.25) is 0 Å². The van der Waals surface area contributed by atoms with Gasteiger partial charge in [-0.2, -0.15) is 10.2 Å². The minimum atomic E-state index is 0.0523. The van der Waals surface area contributed by atoms with Crippen LogP contribution in [-0.2, 0) is 4.74 Å². The Morgan fingerprint density at radius 3 is 3.29 bits per heavy atom. The van der Waals surface area contributed by atoms with Gasteiger partial charge in [0.05, 0.1) is 13.2 Å². The third-order valence-electron chi connectivity index (χ3n) is 1.91. The summed E-state index contributed by atoms with van der Waals surface area (Å²) in [6, 6.07) is 3.50. The second-order valence-electron chi connectivity index (χ2n) is 2.93. The Morgan fingerprint density at radius 1 is 1.64 bits per heavy atom. The van der Waals surface area contributed by atoms with Gasteiger partial charge in [0.25, 0.3) is 0 Å². The van der Waals surface area contributed by atoms with Gasteiger partial charge in [-0.3, -0.25) is 0 Å². The number of rotatable bonds is 2. The van der Waals surface area contributed by atoms with Crippen LogP contribution in [0.15, 0.2) is 12.3 Å². The van der Waals surface area contributed by atoms with Crippen molar-refractivity contribution in [1.82, 2.24) is 9.97 Å². The van der Waals surface area contributed by atoms with Crippen LogP contribution in [0.25, 0.3) is 0 Å². The molecule has 1 unspecified atom stereocenters. The van der Waals surface area contributed by atoms with Crippen LogP contribution in [0.3, 0.4) is 0 Å². The standard InChI is InChI=1S/C9H9N3O2/c10-5-8-11-3-1-9(12-8)14-7-2-4-13-6-7/h1,3,7H,2,4,6H2. The fourth-order valence-corrected chi connectivity index (χ4v) is 1.24. The van der Waals surface area contributed by atoms with Gasteiger partial charge < -0.3 is 9.47 Å². The molecule has 5 heteroatoms. The zero-order chi connectivity index (χ0) is 9.80. The van der Waals surface area contributed by atoms with Crippen molar-refractivity contribution in [2.45, 2.75) is 12.5 Å². The molecule has 0 amide bonds. The predicted octanol–water partition coefficient (Wildman–Crippen LogP) is 0.516. The lowest BCUT2D eigenvalue weighted by atomic mass is 10.3. The van der Waals surface area contributed by atoms with E-state index in [1.54, 1.807) is 6.07 Å². The molecule has 1 fully saturated rings. The molecule has 14 heavy (non-hydrogen) atoms. The first kappa shape index (κ1) is 8.91. The van der Waals surface area contributed by atoms with E-state index >= 15 is 0 Å². The molecule has 0 aliphatic carbocycles. The number of ether oxygens (including phenoxy) is 2. The minimum Gasteiger partial charge on any atom is -0.472 e. The lowest BCUT2D eigenvalue weighted by molar-refractivity contribution is 0.138. The summed E-state index contributed by atoms with van der Waals surface area (Å²) in [5.41, 5.74) is 0. The average molecular weight is 191 g/mol. The molecule has 1 atom stereocenters. The Labute approximate surface area is 81.3 Å². The molecule has 0 bridgehead atoms. The summed E-state index contributed by atoms with van der Waals surface area (Å²) in [4.78, 5) is 7.65. The summed E-state index contributed by atoms with van der Waals surface area (Å²) in [5.74, 6) is 0.563. The third-order valence-corrected chi connectivity index (χ3v) is 1.91. The van der Waals surface area contributed by atoms with Crippen molar-refractivity contribution in [2.75, 3.05) is 13.2 Å². The van der Waals surface area contributed by atoms with Gasteiger partial charge >= 0.3 is 0 Å². The molecule has 1 aromatic heterocycles. The van der Waals surface area contributed by atoms with Gasteiger partial charge in [0.2, 0.25) is 11.7 Å². The van der Waals surface area contributed by atoms with Gasteiger partial charge in [0.1, 0.15) is 12.2 Å². The highest BCUT2D eigenvalue weighted by molar-refractivity contribution is 5.16. The summed E-state index contributed by atoms with van der Waals surface area (Å²) in [6.07, 6.45) is 2.43. The fraction of sp³-hybridized carbons (Fsp3) is 0.444. The van der Waals surface area contributed by atoms with Crippen LogP contribution in [0.1, 0.15) is 12.2 Å². The molecule has 1 saturated heterocycles. The Kier molecular flexibility index (Phi) is 2.56. The van der Waals surface area contributed by atoms with Gasteiger partial charge in [-0.15, -0.1) is 0 Å². The second kappa shape index (κ2) is 4.03. The van der Waals surface area contributed by atoms with Crippen LogP contribution in [0.4, 0.5) is 0 Å². The van der Waals surface area contributed by atoms with E-state index in [-0.39, 0.29) is 11.9 Å². The van der Waals surface area contributed by atoms with Gasteiger partial charge in [0, 0.05) is 18.7 Å². The van der Waals surface area contributed by atoms with E-state index in [4.69, 9.17) is 14.7 Å². The van der Waals surface area contributed by atoms with E-state index in [2.05, 4.69) is 9.97 Å². The van der Waals surface area contributed by atoms with Crippen molar-refractivity contribution in [3.63, 3.8) is 0 Å². The van der Waals surface area contributed by atoms with Gasteiger partial charge in [-0.05, 0) is 0 Å². The highest BCUT2D eigenvalue weighted by Gasteiger charge is 2.17. The van der Waals surface area contributed by atoms with E-state index in [0.717, 1.165) is 13.0 Å². The first-order valence-electron chi connectivity index (χ1n) is 4.36. The largest absolute Gasteiger partial charge is 0.472 e. The summed E-state index contributed by atoms with van der Waals surface area (Å²) in [6.45, 7) is 1.31. The lowest BCUT2D eigenvalue weighted by Gasteiger charge is -2.09. The van der Waals surface area contributed by atoms with Crippen molar-refractivity contribution < 1.29 is 9.47 Å². The van der Waals surface area contributed by atoms with E-state index < -0.39 is 0 Å². The van der Waals surface area contributed by atoms with Crippen molar-refractivity contribution >= 4 is 0 Å². The number of hydrogen-bond acceptors (Lipinski definition) is 5. The van der Waals surface area contributed by atoms with Crippen LogP contribution >= 0.6 is 0 Å². The Morgan fingerprint density at radius 2 is 2.57 bits per heavy atom. The molecule has 0 radical (unpaired) electrons. The SMILES string of the molecule is N#Cc1nccc(OC2CCOC2)n1. The monoisotopic (exact) mass is 191 g/mol. The molecule has 5 nitrogen and oxygen atoms in total. The summed E-state index contributed by atoms with van der Waals surface area (Å²) in [7, 11) is 0. The molecule has 0 saturated carbocycles. The van der Waals surface area contributed by atoms with Crippen LogP contribution in [0.5, 0.6) is 5.88 Å². The molecule has 0 spiro atoms. The number of hydrogen-bond donors (Lipinski definition) is 0. The molecule has 2 rings (SSSR count). The summed E-state index contributed by atoms with van der Waals surface area (Å²) in [5, 5.41) is 8.57. The van der Waals surface area contributed by atoms with Crippen LogP contribution < -0.4 is 4.74 Å². The van der Waals surface area contributed by atoms with E-state index in [9.17, 15) is 0 Å². The van der Waals surface area contributed by atoms with E-state index in [1.807, 2.05) is 6.07 Å². The van der Waals surface area contributed by atoms with Crippen molar-refractivity contribution in [2.24, 2.45) is 0 Å². The number of aromatic nitrogens is 2. The topological polar surface area (TPSA) is 68.0 Å². The molecule has 1 aliphatic rings. The van der Waals surface area contributed by atoms with Crippen molar-refractivity contribution in [3.05, 3.63) is 18.1 Å². The Hall–Kier alpha value is -1.67. The fourth-order valence-electron chi connectivity index (χ4n) is 1.24. The maximum absolute atomic E-state index is 8.57. The van der Waals surface area contributed by atoms with Crippen LogP contribution in [-0.4, -0.2) is 29.3 Å². The van der Waals surface area contributed by atoms with Crippen molar-refractivity contribution in [1.29, 1.82) is 5.26 Å². The Balaban J connectivity index is 2.05. The molecular weight excluding hydrogens is 182 g/mol. The van der Waals surface area contributed by atoms with Gasteiger partial charge in [-0.25, -0.2) is 4.98 Å². The average Bonchev–Trinajstić information content (AvgIpc) is 2.71. The number of nitriles is 1. The maximum atomic E-state index is 8.57. The second-order valence-corrected chi connectivity index (χ2v) is 2.93. The molecular formula is C9H9N3O2. The first-order chi connectivity index (χ1) is 6.88. The molecule has 72 valence electrons. The molecule has 2 heterocycles. The van der Waals surface area contributed by atoms with E-state index in [0.29, 0.717) is 12.5 Å². The first-order valence-corrected chi connectivity index (χ1v) is 4.36. The van der Waals surface area contributed by atoms with Crippen LogP contribution in [0, 0.1) is 11.3 Å². The zero-order valence-electron chi connectivity index (χ0n) is 7.51. The molecule has 0 aromatic carbocycles. The maximum Gasteiger partial charge on any atom is 0.235 e. The summed E-state index contributed by atoms with van der Waals surface area (Å²) < 4.78 is 10.6. The molecule has 1 aromatic rings. The normalized spacial score (nSPS) is 20.4. The number of nitrogens with zero attached hydrogens (tertiary/aromatic N) is 3. The summed E-state index contributed by atoms with van der Waals surface area (Å²) >= 11 is 0. The third kappa shape index (κ3) is 1.98. The smallest absolute Gasteiger partial charge is 0.235 e. The predicted molar refractivity (Wildman–Crippen MR) is 46.6 cm³/mol. The molecule has 1 aliphatic heterocycles. The van der Waals surface area contributed by atoms with Gasteiger partial charge in [0.15, 0.2) is 0 Å². The molecule has 0 N–H and O–H groups in total. The van der Waals surface area contributed by atoms with E-state index in [1.165, 1.54) is 6.20 Å². The van der Waals surface area contributed by atoms with Crippen molar-refractivity contribution in [3.8, 4) is 11.9 Å². The van der Waals surface area contributed by atoms with Gasteiger partial charge in [-0.1, -0.05) is 0 Å². The lowest BCUT2D eigenvalue weighted by Crippen LogP contribution is -2.16. The zero-order valence-corrected chi connectivity index (χ0v) is 7.51. The minimum absolute atomic E-state index is 0.0523. The highest BCUT2D eigenvalue weighted by Crippen LogP contribution is 2.13. The Bertz CT molecular complexity index is 355. The quantitative estimate of drug-likeness (QED) is 0.681.